The summed E-state index contributed by atoms with van der Waals surface area (Å²) in [7, 11) is -4.05. The minimum atomic E-state index is -4.05. The fraction of sp³-hybridized carbons (Fsp3) is 0.167. The van der Waals surface area contributed by atoms with E-state index in [0.29, 0.717) is 27.0 Å². The first-order chi connectivity index (χ1) is 15.6. The van der Waals surface area contributed by atoms with Crippen LogP contribution in [0, 0.1) is 13.8 Å². The van der Waals surface area contributed by atoms with Gasteiger partial charge in [-0.25, -0.2) is 13.8 Å². The maximum Gasteiger partial charge on any atom is 0.264 e. The summed E-state index contributed by atoms with van der Waals surface area (Å²) < 4.78 is 28.0. The van der Waals surface area contributed by atoms with Crippen molar-refractivity contribution < 1.29 is 13.2 Å². The lowest BCUT2D eigenvalue weighted by molar-refractivity contribution is -0.119. The minimum absolute atomic E-state index is 0.0705. The van der Waals surface area contributed by atoms with Crippen molar-refractivity contribution in [3.8, 4) is 0 Å². The van der Waals surface area contributed by atoms with Crippen molar-refractivity contribution in [2.24, 2.45) is 5.10 Å². The van der Waals surface area contributed by atoms with E-state index < -0.39 is 22.5 Å². The van der Waals surface area contributed by atoms with E-state index in [-0.39, 0.29) is 4.90 Å². The molecule has 172 valence electrons. The van der Waals surface area contributed by atoms with Crippen molar-refractivity contribution in [1.82, 2.24) is 5.43 Å². The summed E-state index contributed by atoms with van der Waals surface area (Å²) in [4.78, 5) is 12.8. The average Bonchev–Trinajstić information content (AvgIpc) is 2.78. The molecule has 0 heterocycles. The maximum atomic E-state index is 13.5. The maximum absolute atomic E-state index is 13.5. The number of benzene rings is 3. The number of carbonyl (C=O) groups is 1. The van der Waals surface area contributed by atoms with Crippen molar-refractivity contribution in [2.75, 3.05) is 10.8 Å². The Hall–Kier alpha value is -2.87. The first-order valence-electron chi connectivity index (χ1n) is 10.0. The lowest BCUT2D eigenvalue weighted by Gasteiger charge is -2.25. The molecule has 0 aromatic heterocycles. The predicted molar refractivity (Wildman–Crippen MR) is 134 cm³/mol. The lowest BCUT2D eigenvalue weighted by Crippen LogP contribution is -2.40. The van der Waals surface area contributed by atoms with Crippen molar-refractivity contribution >= 4 is 50.5 Å². The van der Waals surface area contributed by atoms with Gasteiger partial charge in [0.05, 0.1) is 16.3 Å². The normalized spacial score (nSPS) is 11.8. The van der Waals surface area contributed by atoms with E-state index in [1.54, 1.807) is 68.4 Å². The molecule has 3 rings (SSSR count). The molecule has 0 aliphatic carbocycles. The number of hydrazone groups is 1. The van der Waals surface area contributed by atoms with Gasteiger partial charge in [0, 0.05) is 10.0 Å². The van der Waals surface area contributed by atoms with E-state index in [2.05, 4.69) is 10.5 Å². The zero-order valence-corrected chi connectivity index (χ0v) is 20.7. The standard InChI is InChI=1S/C24H23Cl2N3O3S/c1-16-7-13-21(14-8-16)33(31,32)29(23-6-4-5-22(26)17(23)2)15-24(30)28-27-18(3)19-9-11-20(25)12-10-19/h4-14H,15H2,1-3H3,(H,28,30)/b27-18-. The van der Waals surface area contributed by atoms with Crippen LogP contribution in [0.4, 0.5) is 5.69 Å². The molecule has 0 spiro atoms. The molecule has 3 aromatic rings. The highest BCUT2D eigenvalue weighted by Gasteiger charge is 2.28. The first-order valence-corrected chi connectivity index (χ1v) is 12.2. The van der Waals surface area contributed by atoms with Gasteiger partial charge in [-0.3, -0.25) is 9.10 Å². The number of halogens is 2. The second-order valence-corrected chi connectivity index (χ2v) is 10.2. The number of rotatable bonds is 7. The Balaban J connectivity index is 1.92. The Labute approximate surface area is 203 Å². The molecule has 0 aliphatic heterocycles. The molecular weight excluding hydrogens is 481 g/mol. The van der Waals surface area contributed by atoms with Gasteiger partial charge in [0.15, 0.2) is 0 Å². The number of aryl methyl sites for hydroxylation is 1. The van der Waals surface area contributed by atoms with Crippen molar-refractivity contribution in [2.45, 2.75) is 25.7 Å². The molecule has 0 unspecified atom stereocenters. The summed E-state index contributed by atoms with van der Waals surface area (Å²) in [6, 6.07) is 18.3. The van der Waals surface area contributed by atoms with Crippen LogP contribution in [0.15, 0.2) is 76.7 Å². The minimum Gasteiger partial charge on any atom is -0.271 e. The van der Waals surface area contributed by atoms with Gasteiger partial charge in [0.25, 0.3) is 15.9 Å². The van der Waals surface area contributed by atoms with Crippen molar-refractivity contribution in [3.63, 3.8) is 0 Å². The van der Waals surface area contributed by atoms with Gasteiger partial charge >= 0.3 is 0 Å². The molecule has 0 saturated carbocycles. The number of nitrogens with zero attached hydrogens (tertiary/aromatic N) is 2. The van der Waals surface area contributed by atoms with Crippen LogP contribution >= 0.6 is 23.2 Å². The fourth-order valence-electron chi connectivity index (χ4n) is 3.07. The van der Waals surface area contributed by atoms with Gasteiger partial charge < -0.3 is 0 Å². The molecule has 0 atom stereocenters. The number of sulfonamides is 1. The number of hydrogen-bond donors (Lipinski definition) is 1. The SMILES string of the molecule is C/C(=N/NC(=O)CN(c1cccc(Cl)c1C)S(=O)(=O)c1ccc(C)cc1)c1ccc(Cl)cc1. The van der Waals surface area contributed by atoms with Crippen LogP contribution in [0.5, 0.6) is 0 Å². The molecule has 0 radical (unpaired) electrons. The first kappa shape index (κ1) is 24.8. The van der Waals surface area contributed by atoms with Gasteiger partial charge in [0.2, 0.25) is 0 Å². The van der Waals surface area contributed by atoms with E-state index in [0.717, 1.165) is 15.4 Å². The number of nitrogens with one attached hydrogen (secondary N) is 1. The van der Waals surface area contributed by atoms with Crippen LogP contribution in [-0.4, -0.2) is 26.6 Å². The van der Waals surface area contributed by atoms with Gasteiger partial charge in [0.1, 0.15) is 6.54 Å². The molecule has 0 aliphatic rings. The zero-order valence-electron chi connectivity index (χ0n) is 18.3. The second-order valence-electron chi connectivity index (χ2n) is 7.45. The van der Waals surface area contributed by atoms with Crippen LogP contribution in [0.2, 0.25) is 10.0 Å². The van der Waals surface area contributed by atoms with E-state index in [1.165, 1.54) is 12.1 Å². The Morgan fingerprint density at radius 2 is 1.61 bits per heavy atom. The third-order valence-electron chi connectivity index (χ3n) is 5.01. The van der Waals surface area contributed by atoms with Crippen LogP contribution in [0.1, 0.15) is 23.6 Å². The Morgan fingerprint density at radius 3 is 2.24 bits per heavy atom. The fourth-order valence-corrected chi connectivity index (χ4v) is 4.85. The van der Waals surface area contributed by atoms with Crippen LogP contribution in [-0.2, 0) is 14.8 Å². The number of amides is 1. The summed E-state index contributed by atoms with van der Waals surface area (Å²) in [5.74, 6) is -0.599. The average molecular weight is 504 g/mol. The van der Waals surface area contributed by atoms with Crippen molar-refractivity contribution in [1.29, 1.82) is 0 Å². The molecule has 6 nitrogen and oxygen atoms in total. The monoisotopic (exact) mass is 503 g/mol. The summed E-state index contributed by atoms with van der Waals surface area (Å²) in [5.41, 5.74) is 5.54. The number of anilines is 1. The zero-order chi connectivity index (χ0) is 24.2. The predicted octanol–water partition coefficient (Wildman–Crippen LogP) is 5.35. The quantitative estimate of drug-likeness (QED) is 0.348. The van der Waals surface area contributed by atoms with Gasteiger partial charge in [-0.05, 0) is 68.3 Å². The summed E-state index contributed by atoms with van der Waals surface area (Å²) in [5, 5.41) is 5.09. The van der Waals surface area contributed by atoms with Crippen LogP contribution in [0.25, 0.3) is 0 Å². The third-order valence-corrected chi connectivity index (χ3v) is 7.45. The highest BCUT2D eigenvalue weighted by Crippen LogP contribution is 2.30. The molecule has 0 bridgehead atoms. The summed E-state index contributed by atoms with van der Waals surface area (Å²) in [6.07, 6.45) is 0. The molecule has 33 heavy (non-hydrogen) atoms. The molecule has 0 saturated heterocycles. The molecule has 0 fully saturated rings. The Morgan fingerprint density at radius 1 is 0.970 bits per heavy atom. The number of carbonyl (C=O) groups excluding carboxylic acids is 1. The molecular formula is C24H23Cl2N3O3S. The summed E-state index contributed by atoms with van der Waals surface area (Å²) >= 11 is 12.1. The Bertz CT molecular complexity index is 1290. The number of hydrogen-bond acceptors (Lipinski definition) is 4. The van der Waals surface area contributed by atoms with Gasteiger partial charge in [-0.1, -0.05) is 59.1 Å². The van der Waals surface area contributed by atoms with Crippen LogP contribution in [0.3, 0.4) is 0 Å². The van der Waals surface area contributed by atoms with Crippen LogP contribution < -0.4 is 9.73 Å². The van der Waals surface area contributed by atoms with E-state index in [9.17, 15) is 13.2 Å². The van der Waals surface area contributed by atoms with E-state index >= 15 is 0 Å². The highest BCUT2D eigenvalue weighted by molar-refractivity contribution is 7.92. The second kappa shape index (κ2) is 10.4. The topological polar surface area (TPSA) is 78.8 Å². The smallest absolute Gasteiger partial charge is 0.264 e. The highest BCUT2D eigenvalue weighted by atomic mass is 35.5. The summed E-state index contributed by atoms with van der Waals surface area (Å²) in [6.45, 7) is 4.82. The molecule has 1 amide bonds. The molecule has 3 aromatic carbocycles. The molecule has 1 N–H and O–H groups in total. The van der Waals surface area contributed by atoms with E-state index in [1.807, 2.05) is 6.92 Å². The van der Waals surface area contributed by atoms with Gasteiger partial charge in [-0.15, -0.1) is 0 Å². The lowest BCUT2D eigenvalue weighted by atomic mass is 10.1. The third kappa shape index (κ3) is 5.93. The van der Waals surface area contributed by atoms with Crippen molar-refractivity contribution in [3.05, 3.63) is 93.5 Å². The molecule has 9 heteroatoms. The van der Waals surface area contributed by atoms with E-state index in [4.69, 9.17) is 23.2 Å². The Kier molecular flexibility index (Phi) is 7.79. The van der Waals surface area contributed by atoms with Gasteiger partial charge in [-0.2, -0.15) is 5.10 Å². The largest absolute Gasteiger partial charge is 0.271 e.